The van der Waals surface area contributed by atoms with Crippen LogP contribution in [0.1, 0.15) is 79.1 Å². The zero-order chi connectivity index (χ0) is 60.8. The lowest BCUT2D eigenvalue weighted by Gasteiger charge is -2.49. The van der Waals surface area contributed by atoms with Gasteiger partial charge in [0.2, 0.25) is 0 Å². The third-order valence-electron chi connectivity index (χ3n) is 15.1. The maximum Gasteiger partial charge on any atom is 0.407 e. The van der Waals surface area contributed by atoms with Crippen molar-refractivity contribution in [3.05, 3.63) is 110 Å². The molecule has 0 aromatic rings. The van der Waals surface area contributed by atoms with Crippen LogP contribution in [-0.4, -0.2) is 187 Å². The number of fused-ring (bicyclic) bond motifs is 6. The summed E-state index contributed by atoms with van der Waals surface area (Å²) in [6.07, 6.45) is 14.4. The Morgan fingerprint density at radius 2 is 1.27 bits per heavy atom. The molecule has 5 aliphatic rings. The first-order valence-electron chi connectivity index (χ1n) is 28.3. The molecular formula is C59H91NO19P4. The van der Waals surface area contributed by atoms with Crippen molar-refractivity contribution in [2.75, 3.05) is 33.7 Å². The maximum absolute atomic E-state index is 14.0. The molecule has 12 unspecified atom stereocenters. The molecule has 0 saturated carbocycles. The van der Waals surface area contributed by atoms with Crippen molar-refractivity contribution in [2.24, 2.45) is 17.8 Å². The summed E-state index contributed by atoms with van der Waals surface area (Å²) in [5.41, 5.74) is 0. The summed E-state index contributed by atoms with van der Waals surface area (Å²) in [7, 11) is 5.14. The van der Waals surface area contributed by atoms with Crippen molar-refractivity contribution in [1.29, 1.82) is 0 Å². The molecule has 0 radical (unpaired) electrons. The second-order valence-electron chi connectivity index (χ2n) is 21.7. The average Bonchev–Trinajstić information content (AvgIpc) is 3.33. The van der Waals surface area contributed by atoms with Crippen molar-refractivity contribution in [3.63, 3.8) is 0 Å². The zero-order valence-electron chi connectivity index (χ0n) is 48.8. The highest BCUT2D eigenvalue weighted by molar-refractivity contribution is 8.13. The molecule has 6 bridgehead atoms. The van der Waals surface area contributed by atoms with Crippen LogP contribution in [0.4, 0.5) is 4.79 Å². The molecule has 5 rings (SSSR count). The van der Waals surface area contributed by atoms with Crippen LogP contribution in [0.2, 0.25) is 0 Å². The number of hydrogen-bond donors (Lipinski definition) is 6. The molecule has 4 fully saturated rings. The second kappa shape index (κ2) is 35.8. The van der Waals surface area contributed by atoms with Crippen LogP contribution < -0.4 is 5.32 Å². The van der Waals surface area contributed by atoms with Gasteiger partial charge in [0.25, 0.3) is 0 Å². The molecule has 5 aliphatic heterocycles. The maximum atomic E-state index is 14.0. The third kappa shape index (κ3) is 22.3. The van der Waals surface area contributed by atoms with Gasteiger partial charge in [0.15, 0.2) is 24.1 Å². The van der Waals surface area contributed by atoms with E-state index in [1.165, 1.54) is 19.3 Å². The summed E-state index contributed by atoms with van der Waals surface area (Å²) in [5, 5.41) is 60.5. The quantitative estimate of drug-likeness (QED) is 0.0507. The summed E-state index contributed by atoms with van der Waals surface area (Å²) in [4.78, 5) is 40.1. The topological polar surface area (TPSA) is 266 Å². The van der Waals surface area contributed by atoms with E-state index in [1.54, 1.807) is 44.2 Å². The summed E-state index contributed by atoms with van der Waals surface area (Å²) in [6.45, 7) is 18.0. The fourth-order valence-corrected chi connectivity index (χ4v) is 12.6. The van der Waals surface area contributed by atoms with Gasteiger partial charge in [-0.1, -0.05) is 124 Å². The van der Waals surface area contributed by atoms with E-state index in [-0.39, 0.29) is 69.7 Å². The number of carbonyl (C=O) groups is 3. The lowest BCUT2D eigenvalue weighted by atomic mass is 9.82. The third-order valence-corrected chi connectivity index (χ3v) is 18.3. The molecule has 20 nitrogen and oxygen atoms in total. The number of hydrogen-bond acceptors (Lipinski definition) is 19. The van der Waals surface area contributed by atoms with Gasteiger partial charge in [-0.3, -0.25) is 9.59 Å². The zero-order valence-corrected chi connectivity index (χ0v) is 52.9. The number of allylic oxidation sites excluding steroid dienone is 12. The molecule has 24 heteroatoms. The Bertz CT molecular complexity index is 2270. The molecule has 0 aromatic carbocycles. The van der Waals surface area contributed by atoms with Crippen molar-refractivity contribution < 1.29 is 92.0 Å². The van der Waals surface area contributed by atoms with Gasteiger partial charge >= 0.3 is 18.0 Å². The van der Waals surface area contributed by atoms with Gasteiger partial charge in [0.05, 0.1) is 73.5 Å². The first-order valence-corrected chi connectivity index (χ1v) is 35.2. The predicted molar refractivity (Wildman–Crippen MR) is 324 cm³/mol. The minimum Gasteiger partial charge on any atom is -0.462 e. The van der Waals surface area contributed by atoms with Crippen LogP contribution in [0.5, 0.6) is 0 Å². The van der Waals surface area contributed by atoms with Crippen LogP contribution in [0.25, 0.3) is 0 Å². The largest absolute Gasteiger partial charge is 0.462 e. The highest BCUT2D eigenvalue weighted by Crippen LogP contribution is 2.52. The van der Waals surface area contributed by atoms with Gasteiger partial charge in [-0.2, -0.15) is 0 Å². The van der Waals surface area contributed by atoms with Crippen molar-refractivity contribution in [2.45, 2.75) is 189 Å². The van der Waals surface area contributed by atoms with Crippen LogP contribution in [0.15, 0.2) is 110 Å². The predicted octanol–water partition coefficient (Wildman–Crippen LogP) is 7.46. The van der Waals surface area contributed by atoms with Gasteiger partial charge < -0.3 is 83.0 Å². The number of esters is 2. The molecular weight excluding hydrogens is 1150 g/mol. The lowest BCUT2D eigenvalue weighted by Crippen LogP contribution is -2.64. The minimum atomic E-state index is -1.63. The normalized spacial score (nSPS) is 41.8. The molecule has 0 aromatic heterocycles. The first kappa shape index (κ1) is 70.8. The van der Waals surface area contributed by atoms with E-state index >= 15 is 0 Å². The van der Waals surface area contributed by atoms with E-state index in [4.69, 9.17) is 52.1 Å². The number of rotatable bonds is 11. The van der Waals surface area contributed by atoms with Gasteiger partial charge in [-0.05, 0) is 55.2 Å². The summed E-state index contributed by atoms with van der Waals surface area (Å²) >= 11 is 0. The van der Waals surface area contributed by atoms with E-state index < -0.39 is 143 Å². The van der Waals surface area contributed by atoms with Crippen LogP contribution >= 0.6 is 33.1 Å². The molecule has 1 amide bonds. The van der Waals surface area contributed by atoms with E-state index in [2.05, 4.69) is 36.3 Å². The molecule has 0 aliphatic carbocycles. The number of alkyl carbamates (subject to hydrolysis) is 1. The Morgan fingerprint density at radius 1 is 0.687 bits per heavy atom. The lowest BCUT2D eigenvalue weighted by molar-refractivity contribution is -0.326. The number of nitrogens with one attached hydrogen (secondary N) is 1. The summed E-state index contributed by atoms with van der Waals surface area (Å²) < 4.78 is 67.8. The molecule has 5 heterocycles. The fourth-order valence-electron chi connectivity index (χ4n) is 10.3. The number of aliphatic hydroxyl groups excluding tert-OH is 5. The van der Waals surface area contributed by atoms with Gasteiger partial charge in [-0.15, -0.1) is 17.9 Å². The molecule has 466 valence electrons. The van der Waals surface area contributed by atoms with Crippen LogP contribution in [0.3, 0.4) is 0 Å². The van der Waals surface area contributed by atoms with Gasteiger partial charge in [0, 0.05) is 51.0 Å². The number of cyclic esters (lactones) is 1. The molecule has 4 saturated heterocycles. The van der Waals surface area contributed by atoms with Crippen LogP contribution in [-0.2, 0) is 61.7 Å². The summed E-state index contributed by atoms with van der Waals surface area (Å²) in [5.74, 6) is -4.70. The Morgan fingerprint density at radius 3 is 1.88 bits per heavy atom. The fraction of sp³-hybridized carbons (Fsp3) is 0.644. The van der Waals surface area contributed by atoms with Crippen LogP contribution in [0, 0.1) is 17.8 Å². The number of methoxy groups -OCH3 is 1. The van der Waals surface area contributed by atoms with E-state index in [0.29, 0.717) is 12.8 Å². The molecule has 6 N–H and O–H groups in total. The second-order valence-corrected chi connectivity index (χ2v) is 30.1. The van der Waals surface area contributed by atoms with E-state index in [0.717, 1.165) is 0 Å². The highest BCUT2D eigenvalue weighted by atomic mass is 32.0. The standard InChI is InChI=1S/C59H91NO19P4/c1-10-28-70-54(67)49-45(62)35-59(69-7)34-43-32-46(78-58(77-43)83(9)81)44(61)27-26-41-30-42(76-57(75-41)82(8)80)33-48(63)72-38(5)37(4)51(64)36(3)24-22-20-18-16-14-12-13-15-17-19-21-23-25-40(31-47(49)79-59)74-55-53(66)50(52(65)39(6)73-55)60-56(68)71-29-11-2/h10-25,36-47,49-53,55,57-58,61-62,64-66H,1-2,26-35,80-81H2,3-9H3,(H,60,68)/b13-12+,16-14+,17-15+,20-18+,21-19+,24-22+,25-23+/t36-,37-,38-,39+,40-,41?,42?,43?,44+,45?,46?,47?,49+,50-,51+,52+,53+,55-,57?,58?,59+,82?,83?/m0/s1. The molecule has 0 spiro atoms. The number of aliphatic hydroxyl groups is 5. The van der Waals surface area contributed by atoms with Crippen molar-refractivity contribution in [3.8, 4) is 0 Å². The van der Waals surface area contributed by atoms with Crippen molar-refractivity contribution >= 4 is 51.1 Å². The average molecular weight is 1240 g/mol. The number of amides is 1. The van der Waals surface area contributed by atoms with Crippen molar-refractivity contribution in [1.82, 2.24) is 5.32 Å². The van der Waals surface area contributed by atoms with Gasteiger partial charge in [-0.25, -0.2) is 4.79 Å². The van der Waals surface area contributed by atoms with Gasteiger partial charge in [0.1, 0.15) is 37.4 Å². The van der Waals surface area contributed by atoms with E-state index in [1.807, 2.05) is 81.9 Å². The number of carbonyl (C=O) groups excluding carboxylic acids is 3. The minimum absolute atomic E-state index is 0.0202. The van der Waals surface area contributed by atoms with E-state index in [9.17, 15) is 39.9 Å². The Hall–Kier alpha value is -2.93. The smallest absolute Gasteiger partial charge is 0.407 e. The molecule has 25 atom stereocenters. The first-order chi connectivity index (χ1) is 39.6. The number of ether oxygens (including phenoxy) is 11. The Kier molecular flexibility index (Phi) is 30.5. The molecule has 83 heavy (non-hydrogen) atoms. The SMILES string of the molecule is C=CCOC(=O)N[C@@H]1[C@@H](O)[C@H](O[C@H]2/C=C/C=C/C=C/C=C/C=C/C=C/C=C/[C@H](C)[C@@H](O)[C@@H](C)[C@H](C)OC(=O)CC3CC(CC[C@@H](O)C4CC(C[C@]5(OC)CC(O)[C@@H](C(=O)OCC=C)C(C2)O5)OC(P(C)P)O4)OC(P(C)P)O3)O[C@H](C)[C@H]1O. The summed E-state index contributed by atoms with van der Waals surface area (Å²) in [6, 6.07) is -2.61. The Labute approximate surface area is 496 Å². The Balaban J connectivity index is 1.49. The highest BCUT2D eigenvalue weighted by Gasteiger charge is 2.54. The monoisotopic (exact) mass is 1240 g/mol.